The van der Waals surface area contributed by atoms with Gasteiger partial charge in [0.2, 0.25) is 0 Å². The number of likely N-dealkylation sites (tertiary alicyclic amines) is 2. The molecule has 7 atom stereocenters. The summed E-state index contributed by atoms with van der Waals surface area (Å²) in [5, 5.41) is 11.2. The van der Waals surface area contributed by atoms with Crippen LogP contribution in [0.1, 0.15) is 60.5 Å². The van der Waals surface area contributed by atoms with Crippen LogP contribution >= 0.6 is 11.6 Å². The second-order valence-corrected chi connectivity index (χ2v) is 13.1. The van der Waals surface area contributed by atoms with E-state index < -0.39 is 0 Å². The second kappa shape index (κ2) is 7.29. The zero-order valence-electron chi connectivity index (χ0n) is 21.0. The SMILES string of the molecule is CCC1C2C3[C@@H](CN1C(=O)c1ccccc1Cl)CC31C3Cc4ccc(O)cc4C21CCN3CC1CC1. The standard InChI is InChI=1S/C31H35ClN2O2/c1-2-25-28-27-20(17-34(25)29(36)22-5-3-4-6-24(22)32)15-31(27)26-13-19-9-10-21(35)14-23(19)30(28,31)11-12-33(26)16-18-7-8-18/h3-6,9-10,14,18,20,25-28,35H,2,7-8,11-13,15-17H2,1H3/t20-,25?,26?,27?,28?,30?,31?/m1/s1. The van der Waals surface area contributed by atoms with E-state index in [1.165, 1.54) is 36.9 Å². The lowest BCUT2D eigenvalue weighted by Gasteiger charge is -2.88. The summed E-state index contributed by atoms with van der Waals surface area (Å²) in [6.45, 7) is 5.55. The summed E-state index contributed by atoms with van der Waals surface area (Å²) in [5.74, 6) is 3.14. The molecule has 36 heavy (non-hydrogen) atoms. The Morgan fingerprint density at radius 3 is 2.78 bits per heavy atom. The lowest BCUT2D eigenvalue weighted by Crippen LogP contribution is -2.90. The van der Waals surface area contributed by atoms with E-state index in [1.54, 1.807) is 0 Å². The smallest absolute Gasteiger partial charge is 0.255 e. The first kappa shape index (κ1) is 22.0. The van der Waals surface area contributed by atoms with Crippen molar-refractivity contribution in [2.24, 2.45) is 29.1 Å². The van der Waals surface area contributed by atoms with E-state index in [0.29, 0.717) is 45.5 Å². The molecule has 2 aromatic rings. The predicted octanol–water partition coefficient (Wildman–Crippen LogP) is 5.51. The number of halogens is 1. The quantitative estimate of drug-likeness (QED) is 0.599. The van der Waals surface area contributed by atoms with Gasteiger partial charge in [0.1, 0.15) is 5.75 Å². The first-order valence-corrected chi connectivity index (χ1v) is 14.5. The van der Waals surface area contributed by atoms with Gasteiger partial charge in [0.25, 0.3) is 5.91 Å². The van der Waals surface area contributed by atoms with Gasteiger partial charge >= 0.3 is 0 Å². The number of aromatic hydroxyl groups is 1. The van der Waals surface area contributed by atoms with Crippen LogP contribution in [0.5, 0.6) is 5.75 Å². The van der Waals surface area contributed by atoms with E-state index in [-0.39, 0.29) is 17.4 Å². The van der Waals surface area contributed by atoms with Crippen LogP contribution in [-0.2, 0) is 11.8 Å². The summed E-state index contributed by atoms with van der Waals surface area (Å²) in [6.07, 6.45) is 7.27. The summed E-state index contributed by atoms with van der Waals surface area (Å²) < 4.78 is 0. The number of phenols is 1. The topological polar surface area (TPSA) is 43.8 Å². The van der Waals surface area contributed by atoms with Gasteiger partial charge in [-0.25, -0.2) is 0 Å². The molecule has 2 aromatic carbocycles. The monoisotopic (exact) mass is 502 g/mol. The molecule has 2 bridgehead atoms. The number of hydrogen-bond acceptors (Lipinski definition) is 3. The molecule has 188 valence electrons. The van der Waals surface area contributed by atoms with Gasteiger partial charge in [-0.2, -0.15) is 0 Å². The Kier molecular flexibility index (Phi) is 4.45. The highest BCUT2D eigenvalue weighted by Gasteiger charge is 2.85. The van der Waals surface area contributed by atoms with Crippen LogP contribution < -0.4 is 0 Å². The maximum absolute atomic E-state index is 13.9. The number of nitrogens with zero attached hydrogens (tertiary/aromatic N) is 2. The molecule has 8 rings (SSSR count). The van der Waals surface area contributed by atoms with E-state index in [9.17, 15) is 9.90 Å². The highest BCUT2D eigenvalue weighted by atomic mass is 35.5. The third-order valence-corrected chi connectivity index (χ3v) is 11.9. The number of phenolic OH excluding ortho intramolecular Hbond substituents is 1. The molecule has 1 N–H and O–H groups in total. The molecule has 3 saturated carbocycles. The fourth-order valence-corrected chi connectivity index (χ4v) is 10.6. The fraction of sp³-hybridized carbons (Fsp3) is 0.581. The average Bonchev–Trinajstić information content (AvgIpc) is 3.67. The van der Waals surface area contributed by atoms with Crippen LogP contribution in [0.4, 0.5) is 0 Å². The van der Waals surface area contributed by atoms with E-state index in [4.69, 9.17) is 11.6 Å². The Hall–Kier alpha value is -2.04. The minimum atomic E-state index is 0.0747. The van der Waals surface area contributed by atoms with Crippen molar-refractivity contribution in [3.8, 4) is 5.75 Å². The van der Waals surface area contributed by atoms with Crippen molar-refractivity contribution < 1.29 is 9.90 Å². The first-order valence-electron chi connectivity index (χ1n) is 14.1. The Morgan fingerprint density at radius 2 is 2.00 bits per heavy atom. The van der Waals surface area contributed by atoms with Crippen LogP contribution in [-0.4, -0.2) is 52.5 Å². The Bertz CT molecular complexity index is 1270. The molecule has 4 nitrogen and oxygen atoms in total. The lowest BCUT2D eigenvalue weighted by molar-refractivity contribution is -0.349. The third-order valence-electron chi connectivity index (χ3n) is 11.5. The molecule has 0 aromatic heterocycles. The van der Waals surface area contributed by atoms with Gasteiger partial charge in [-0.15, -0.1) is 0 Å². The maximum Gasteiger partial charge on any atom is 0.255 e. The Morgan fingerprint density at radius 1 is 1.17 bits per heavy atom. The number of piperidine rings is 2. The van der Waals surface area contributed by atoms with Gasteiger partial charge < -0.3 is 10.0 Å². The van der Waals surface area contributed by atoms with Gasteiger partial charge in [0.05, 0.1) is 10.6 Å². The molecule has 6 unspecified atom stereocenters. The Balaban J connectivity index is 1.25. The van der Waals surface area contributed by atoms with Crippen LogP contribution in [0.15, 0.2) is 42.5 Å². The largest absolute Gasteiger partial charge is 0.508 e. The molecular formula is C31H35ClN2O2. The van der Waals surface area contributed by atoms with Crippen molar-refractivity contribution in [3.05, 3.63) is 64.2 Å². The van der Waals surface area contributed by atoms with Crippen LogP contribution in [0.3, 0.4) is 0 Å². The third kappa shape index (κ3) is 2.49. The highest BCUT2D eigenvalue weighted by molar-refractivity contribution is 6.33. The van der Waals surface area contributed by atoms with Crippen LogP contribution in [0.2, 0.25) is 5.02 Å². The molecular weight excluding hydrogens is 468 g/mol. The number of hydrogen-bond donors (Lipinski definition) is 1. The zero-order chi connectivity index (χ0) is 24.4. The number of carbonyl (C=O) groups excluding carboxylic acids is 1. The van der Waals surface area contributed by atoms with Crippen molar-refractivity contribution in [2.45, 2.75) is 62.9 Å². The van der Waals surface area contributed by atoms with Gasteiger partial charge in [0.15, 0.2) is 0 Å². The number of amides is 1. The minimum absolute atomic E-state index is 0.0747. The molecule has 0 radical (unpaired) electrons. The van der Waals surface area contributed by atoms with Crippen LogP contribution in [0, 0.1) is 29.1 Å². The molecule has 5 fully saturated rings. The minimum Gasteiger partial charge on any atom is -0.508 e. The van der Waals surface area contributed by atoms with Crippen molar-refractivity contribution in [2.75, 3.05) is 19.6 Å². The summed E-state index contributed by atoms with van der Waals surface area (Å²) in [6, 6.07) is 14.6. The van der Waals surface area contributed by atoms with Gasteiger partial charge in [-0.1, -0.05) is 36.7 Å². The number of rotatable bonds is 4. The Labute approximate surface area is 218 Å². The molecule has 2 aliphatic heterocycles. The number of fused-ring (bicyclic) bond motifs is 1. The van der Waals surface area contributed by atoms with Crippen LogP contribution in [0.25, 0.3) is 0 Å². The van der Waals surface area contributed by atoms with Crippen molar-refractivity contribution in [1.82, 2.24) is 9.80 Å². The van der Waals surface area contributed by atoms with Crippen molar-refractivity contribution in [3.63, 3.8) is 0 Å². The van der Waals surface area contributed by atoms with Gasteiger partial charge in [0, 0.05) is 36.0 Å². The summed E-state index contributed by atoms with van der Waals surface area (Å²) in [7, 11) is 0. The van der Waals surface area contributed by atoms with E-state index in [2.05, 4.69) is 28.9 Å². The molecule has 2 saturated heterocycles. The summed E-state index contributed by atoms with van der Waals surface area (Å²) >= 11 is 6.51. The van der Waals surface area contributed by atoms with E-state index in [0.717, 1.165) is 38.3 Å². The van der Waals surface area contributed by atoms with Gasteiger partial charge in [-0.05, 0) is 104 Å². The summed E-state index contributed by atoms with van der Waals surface area (Å²) in [4.78, 5) is 19.0. The number of carbonyl (C=O) groups is 1. The van der Waals surface area contributed by atoms with E-state index in [1.807, 2.05) is 30.3 Å². The lowest BCUT2D eigenvalue weighted by atomic mass is 9.20. The number of benzene rings is 2. The normalized spacial score (nSPS) is 39.8. The van der Waals surface area contributed by atoms with Crippen molar-refractivity contribution in [1.29, 1.82) is 0 Å². The fourth-order valence-electron chi connectivity index (χ4n) is 10.3. The molecule has 4 aliphatic carbocycles. The molecule has 1 amide bonds. The molecule has 1 spiro atoms. The summed E-state index contributed by atoms with van der Waals surface area (Å²) in [5.41, 5.74) is 3.89. The average molecular weight is 503 g/mol. The highest BCUT2D eigenvalue weighted by Crippen LogP contribution is 2.84. The zero-order valence-corrected chi connectivity index (χ0v) is 21.8. The van der Waals surface area contributed by atoms with E-state index >= 15 is 0 Å². The maximum atomic E-state index is 13.9. The second-order valence-electron chi connectivity index (χ2n) is 12.7. The first-order chi connectivity index (χ1) is 17.5. The molecule has 2 heterocycles. The predicted molar refractivity (Wildman–Crippen MR) is 140 cm³/mol. The molecule has 6 aliphatic rings. The van der Waals surface area contributed by atoms with Gasteiger partial charge in [-0.3, -0.25) is 9.69 Å². The molecule has 5 heteroatoms. The van der Waals surface area contributed by atoms with Crippen molar-refractivity contribution >= 4 is 17.5 Å².